The van der Waals surface area contributed by atoms with E-state index >= 15 is 0 Å². The predicted molar refractivity (Wildman–Crippen MR) is 247 cm³/mol. The molecule has 2 heteroatoms. The fourth-order valence-electron chi connectivity index (χ4n) is 10.4. The van der Waals surface area contributed by atoms with Crippen molar-refractivity contribution in [2.45, 2.75) is 19.3 Å². The van der Waals surface area contributed by atoms with Crippen LogP contribution in [0.1, 0.15) is 25.0 Å². The molecule has 0 N–H and O–H groups in total. The average Bonchev–Trinajstić information content (AvgIpc) is 3.94. The van der Waals surface area contributed by atoms with Gasteiger partial charge in [0, 0.05) is 27.0 Å². The van der Waals surface area contributed by atoms with E-state index in [2.05, 4.69) is 178 Å². The highest BCUT2D eigenvalue weighted by Crippen LogP contribution is 2.52. The molecule has 0 aliphatic heterocycles. The van der Waals surface area contributed by atoms with Gasteiger partial charge in [-0.3, -0.25) is 0 Å². The van der Waals surface area contributed by atoms with Gasteiger partial charge >= 0.3 is 0 Å². The number of hydrogen-bond donors (Lipinski definition) is 0. The summed E-state index contributed by atoms with van der Waals surface area (Å²) in [6.45, 7) is 4.71. The number of hydrogen-bond acceptors (Lipinski definition) is 2. The van der Waals surface area contributed by atoms with E-state index in [1.54, 1.807) is 0 Å². The van der Waals surface area contributed by atoms with Gasteiger partial charge in [-0.25, -0.2) is 0 Å². The topological polar surface area (TPSA) is 26.3 Å². The van der Waals surface area contributed by atoms with Gasteiger partial charge in [-0.2, -0.15) is 0 Å². The lowest BCUT2D eigenvalue weighted by Crippen LogP contribution is -2.14. The van der Waals surface area contributed by atoms with Crippen LogP contribution in [0.25, 0.3) is 121 Å². The second kappa shape index (κ2) is 11.8. The Morgan fingerprint density at radius 1 is 0.305 bits per heavy atom. The third-order valence-electron chi connectivity index (χ3n) is 13.3. The van der Waals surface area contributed by atoms with Crippen LogP contribution in [0.3, 0.4) is 0 Å². The summed E-state index contributed by atoms with van der Waals surface area (Å²) in [5.41, 5.74) is 16.1. The fraction of sp³-hybridized carbons (Fsp3) is 0.0526. The van der Waals surface area contributed by atoms with Crippen LogP contribution in [-0.2, 0) is 5.41 Å². The average molecular weight is 753 g/mol. The van der Waals surface area contributed by atoms with Gasteiger partial charge in [-0.05, 0) is 130 Å². The third kappa shape index (κ3) is 4.57. The monoisotopic (exact) mass is 752 g/mol. The normalized spacial score (nSPS) is 13.4. The van der Waals surface area contributed by atoms with E-state index in [0.717, 1.165) is 49.4 Å². The quantitative estimate of drug-likeness (QED) is 0.168. The van der Waals surface area contributed by atoms with Crippen molar-refractivity contribution in [1.82, 2.24) is 0 Å². The molecular weight excluding hydrogens is 717 g/mol. The van der Waals surface area contributed by atoms with Crippen LogP contribution in [0.4, 0.5) is 0 Å². The molecule has 0 fully saturated rings. The molecule has 2 nitrogen and oxygen atoms in total. The highest BCUT2D eigenvalue weighted by Gasteiger charge is 2.36. The molecule has 0 spiro atoms. The molecule has 13 rings (SSSR count). The van der Waals surface area contributed by atoms with E-state index in [1.807, 2.05) is 18.2 Å². The second-order valence-electron chi connectivity index (χ2n) is 16.8. The minimum Gasteiger partial charge on any atom is -0.452 e. The Bertz CT molecular complexity index is 3720. The lowest BCUT2D eigenvalue weighted by Gasteiger charge is -2.21. The Morgan fingerprint density at radius 2 is 0.763 bits per heavy atom. The summed E-state index contributed by atoms with van der Waals surface area (Å²) < 4.78 is 12.7. The molecule has 276 valence electrons. The van der Waals surface area contributed by atoms with Crippen LogP contribution in [0.5, 0.6) is 0 Å². The first-order valence-electron chi connectivity index (χ1n) is 20.5. The van der Waals surface area contributed by atoms with Crippen molar-refractivity contribution in [3.8, 4) is 44.5 Å². The highest BCUT2D eigenvalue weighted by atomic mass is 16.4. The maximum atomic E-state index is 6.42. The summed E-state index contributed by atoms with van der Waals surface area (Å²) in [4.78, 5) is 0. The largest absolute Gasteiger partial charge is 0.452 e. The SMILES string of the molecule is CC1(C)c2ccccc2-c2c(-c3ccc4c5ccc(-c6ccc(-c7ccc8oc9c(ccc%10c%11ccccc%11oc%109)c8c7)cc6)cc5c5ccccc5c4c3)cccc21. The van der Waals surface area contributed by atoms with E-state index in [4.69, 9.17) is 8.83 Å². The van der Waals surface area contributed by atoms with E-state index < -0.39 is 0 Å². The van der Waals surface area contributed by atoms with Crippen LogP contribution in [0, 0.1) is 0 Å². The van der Waals surface area contributed by atoms with Crippen LogP contribution in [0.15, 0.2) is 191 Å². The highest BCUT2D eigenvalue weighted by molar-refractivity contribution is 6.26. The van der Waals surface area contributed by atoms with Gasteiger partial charge in [0.25, 0.3) is 0 Å². The second-order valence-corrected chi connectivity index (χ2v) is 16.8. The van der Waals surface area contributed by atoms with Crippen LogP contribution in [-0.4, -0.2) is 0 Å². The number of para-hydroxylation sites is 1. The molecule has 59 heavy (non-hydrogen) atoms. The number of fused-ring (bicyclic) bond motifs is 16. The first kappa shape index (κ1) is 32.6. The van der Waals surface area contributed by atoms with Crippen molar-refractivity contribution in [3.05, 3.63) is 193 Å². The predicted octanol–water partition coefficient (Wildman–Crippen LogP) is 16.3. The van der Waals surface area contributed by atoms with Crippen molar-refractivity contribution in [1.29, 1.82) is 0 Å². The van der Waals surface area contributed by atoms with Gasteiger partial charge < -0.3 is 8.83 Å². The van der Waals surface area contributed by atoms with Crippen LogP contribution < -0.4 is 0 Å². The molecule has 0 saturated carbocycles. The Labute approximate surface area is 340 Å². The lowest BCUT2D eigenvalue weighted by atomic mass is 9.82. The van der Waals surface area contributed by atoms with E-state index in [9.17, 15) is 0 Å². The summed E-state index contributed by atoms with van der Waals surface area (Å²) in [5.74, 6) is 0. The first-order chi connectivity index (χ1) is 29.0. The zero-order valence-electron chi connectivity index (χ0n) is 32.6. The van der Waals surface area contributed by atoms with Crippen LogP contribution in [0.2, 0.25) is 0 Å². The lowest BCUT2D eigenvalue weighted by molar-refractivity contribution is 0.633. The molecule has 1 aliphatic rings. The third-order valence-corrected chi connectivity index (χ3v) is 13.3. The van der Waals surface area contributed by atoms with E-state index in [-0.39, 0.29) is 5.41 Å². The minimum atomic E-state index is -0.0332. The maximum absolute atomic E-state index is 6.42. The molecule has 0 amide bonds. The van der Waals surface area contributed by atoms with Crippen molar-refractivity contribution in [2.24, 2.45) is 0 Å². The molecule has 0 saturated heterocycles. The number of rotatable bonds is 3. The molecule has 0 atom stereocenters. The Kier molecular flexibility index (Phi) is 6.54. The zero-order valence-corrected chi connectivity index (χ0v) is 32.6. The Hall–Kier alpha value is -7.42. The van der Waals surface area contributed by atoms with Gasteiger partial charge in [-0.1, -0.05) is 153 Å². The van der Waals surface area contributed by atoms with E-state index in [1.165, 1.54) is 82.4 Å². The summed E-state index contributed by atoms with van der Waals surface area (Å²) in [5, 5.41) is 12.0. The van der Waals surface area contributed by atoms with E-state index in [0.29, 0.717) is 0 Å². The van der Waals surface area contributed by atoms with Gasteiger partial charge in [0.15, 0.2) is 11.2 Å². The molecular formula is C57H36O2. The number of furan rings is 2. The van der Waals surface area contributed by atoms with Gasteiger partial charge in [0.2, 0.25) is 0 Å². The smallest absolute Gasteiger partial charge is 0.178 e. The minimum absolute atomic E-state index is 0.0332. The molecule has 1 aliphatic carbocycles. The molecule has 0 radical (unpaired) electrons. The molecule has 0 bridgehead atoms. The fourth-order valence-corrected chi connectivity index (χ4v) is 10.4. The standard InChI is InChI=1S/C57H36O2/c1-57(2)50-15-7-5-13-46(50)54-38(14-9-16-51(54)57)37-23-26-42-41-25-22-35(30-47(41)39-10-3-4-11-40(39)48(42)32-37)33-18-20-34(21-19-33)36-24-29-53-49(31-36)45-28-27-44-43-12-6-8-17-52(43)58-55(44)56(45)59-53/h3-32H,1-2H3. The summed E-state index contributed by atoms with van der Waals surface area (Å²) >= 11 is 0. The van der Waals surface area contributed by atoms with Crippen molar-refractivity contribution >= 4 is 76.2 Å². The van der Waals surface area contributed by atoms with Crippen molar-refractivity contribution in [2.75, 3.05) is 0 Å². The van der Waals surface area contributed by atoms with Gasteiger partial charge in [0.05, 0.1) is 0 Å². The Balaban J connectivity index is 0.889. The molecule has 12 aromatic rings. The van der Waals surface area contributed by atoms with Crippen molar-refractivity contribution in [3.63, 3.8) is 0 Å². The van der Waals surface area contributed by atoms with Crippen molar-refractivity contribution < 1.29 is 8.83 Å². The van der Waals surface area contributed by atoms with Crippen LogP contribution >= 0.6 is 0 Å². The first-order valence-corrected chi connectivity index (χ1v) is 20.5. The van der Waals surface area contributed by atoms with Gasteiger partial charge in [0.1, 0.15) is 11.2 Å². The summed E-state index contributed by atoms with van der Waals surface area (Å²) in [7, 11) is 0. The zero-order chi connectivity index (χ0) is 39.0. The summed E-state index contributed by atoms with van der Waals surface area (Å²) in [6, 6.07) is 66.7. The molecule has 10 aromatic carbocycles. The molecule has 0 unspecified atom stereocenters. The molecule has 2 heterocycles. The molecule has 2 aromatic heterocycles. The Morgan fingerprint density at radius 3 is 1.47 bits per heavy atom. The van der Waals surface area contributed by atoms with Gasteiger partial charge in [-0.15, -0.1) is 0 Å². The maximum Gasteiger partial charge on any atom is 0.178 e. The summed E-state index contributed by atoms with van der Waals surface area (Å²) in [6.07, 6.45) is 0. The number of benzene rings is 10.